The molecule has 1 aromatic rings. The quantitative estimate of drug-likeness (QED) is 0.700. The van der Waals surface area contributed by atoms with Crippen molar-refractivity contribution >= 4 is 23.4 Å². The monoisotopic (exact) mass is 214 g/mol. The number of hydrogen-bond donors (Lipinski definition) is 0. The van der Waals surface area contributed by atoms with Gasteiger partial charge in [0.2, 0.25) is 0 Å². The van der Waals surface area contributed by atoms with Crippen molar-refractivity contribution in [2.75, 3.05) is 11.6 Å². The molecule has 3 heteroatoms. The Morgan fingerprint density at radius 1 is 1.38 bits per heavy atom. The Balaban J connectivity index is 2.04. The molecule has 2 rings (SSSR count). The van der Waals surface area contributed by atoms with Crippen LogP contribution in [0, 0.1) is 0 Å². The fraction of sp³-hybridized carbons (Fsp3) is 0.400. The van der Waals surface area contributed by atoms with Crippen molar-refractivity contribution in [3.63, 3.8) is 0 Å². The number of rotatable bonds is 2. The molecule has 0 amide bonds. The van der Waals surface area contributed by atoms with Gasteiger partial charge < -0.3 is 4.74 Å². The van der Waals surface area contributed by atoms with Gasteiger partial charge in [0.05, 0.1) is 6.10 Å². The Labute approximate surface area is 87.4 Å². The smallest absolute Gasteiger partial charge is 0.129 e. The van der Waals surface area contributed by atoms with E-state index in [0.29, 0.717) is 5.88 Å². The molecule has 0 bridgehead atoms. The van der Waals surface area contributed by atoms with Crippen molar-refractivity contribution < 1.29 is 4.74 Å². The summed E-state index contributed by atoms with van der Waals surface area (Å²) in [6.45, 7) is 0. The zero-order chi connectivity index (χ0) is 9.10. The summed E-state index contributed by atoms with van der Waals surface area (Å²) in [6, 6.07) is 10.3. The third kappa shape index (κ3) is 2.19. The van der Waals surface area contributed by atoms with Crippen molar-refractivity contribution in [1.29, 1.82) is 0 Å². The van der Waals surface area contributed by atoms with E-state index in [1.807, 2.05) is 30.0 Å². The van der Waals surface area contributed by atoms with Crippen molar-refractivity contribution in [2.24, 2.45) is 0 Å². The van der Waals surface area contributed by atoms with Crippen LogP contribution in [0.25, 0.3) is 0 Å². The maximum atomic E-state index is 5.73. The van der Waals surface area contributed by atoms with E-state index in [2.05, 4.69) is 12.1 Å². The standard InChI is InChI=1S/C10H11ClOS/c11-6-9-7-13-10(12-9)8-4-2-1-3-5-8/h1-5,9-10H,6-7H2. The lowest BCUT2D eigenvalue weighted by Gasteiger charge is -2.10. The van der Waals surface area contributed by atoms with Crippen LogP contribution >= 0.6 is 23.4 Å². The predicted molar refractivity (Wildman–Crippen MR) is 57.2 cm³/mol. The van der Waals surface area contributed by atoms with E-state index in [-0.39, 0.29) is 11.5 Å². The molecule has 1 heterocycles. The number of thioether (sulfide) groups is 1. The molecule has 1 aliphatic rings. The summed E-state index contributed by atoms with van der Waals surface area (Å²) in [7, 11) is 0. The molecular weight excluding hydrogens is 204 g/mol. The molecule has 0 radical (unpaired) electrons. The van der Waals surface area contributed by atoms with E-state index >= 15 is 0 Å². The summed E-state index contributed by atoms with van der Waals surface area (Å²) in [5, 5.41) is 0. The van der Waals surface area contributed by atoms with Crippen molar-refractivity contribution in [3.05, 3.63) is 35.9 Å². The van der Waals surface area contributed by atoms with Gasteiger partial charge in [-0.2, -0.15) is 0 Å². The SMILES string of the molecule is ClCC1CSC(c2ccccc2)O1. The van der Waals surface area contributed by atoms with Gasteiger partial charge in [-0.15, -0.1) is 23.4 Å². The van der Waals surface area contributed by atoms with Gasteiger partial charge in [0.15, 0.2) is 0 Å². The van der Waals surface area contributed by atoms with Gasteiger partial charge in [-0.05, 0) is 5.56 Å². The molecule has 1 aliphatic heterocycles. The molecule has 0 spiro atoms. The average Bonchev–Trinajstić information content (AvgIpc) is 2.67. The van der Waals surface area contributed by atoms with Gasteiger partial charge in [-0.3, -0.25) is 0 Å². The molecule has 0 aliphatic carbocycles. The van der Waals surface area contributed by atoms with Crippen molar-refractivity contribution in [3.8, 4) is 0 Å². The van der Waals surface area contributed by atoms with Gasteiger partial charge in [0.25, 0.3) is 0 Å². The first-order valence-corrected chi connectivity index (χ1v) is 5.86. The minimum absolute atomic E-state index is 0.185. The lowest BCUT2D eigenvalue weighted by Crippen LogP contribution is -2.10. The Morgan fingerprint density at radius 3 is 2.77 bits per heavy atom. The zero-order valence-corrected chi connectivity index (χ0v) is 8.72. The predicted octanol–water partition coefficient (Wildman–Crippen LogP) is 3.06. The highest BCUT2D eigenvalue weighted by Gasteiger charge is 2.25. The Bertz CT molecular complexity index is 265. The van der Waals surface area contributed by atoms with Gasteiger partial charge in [0, 0.05) is 11.6 Å². The second-order valence-corrected chi connectivity index (χ2v) is 4.39. The highest BCUT2D eigenvalue weighted by molar-refractivity contribution is 7.99. The molecule has 2 unspecified atom stereocenters. The normalized spacial score (nSPS) is 27.8. The first kappa shape index (κ1) is 9.38. The molecule has 0 N–H and O–H groups in total. The minimum atomic E-state index is 0.185. The van der Waals surface area contributed by atoms with Crippen LogP contribution in [0.5, 0.6) is 0 Å². The first-order chi connectivity index (χ1) is 6.40. The van der Waals surface area contributed by atoms with E-state index in [0.717, 1.165) is 5.75 Å². The van der Waals surface area contributed by atoms with Crippen LogP contribution in [0.4, 0.5) is 0 Å². The van der Waals surface area contributed by atoms with Gasteiger partial charge in [0.1, 0.15) is 5.44 Å². The molecule has 2 atom stereocenters. The van der Waals surface area contributed by atoms with Crippen LogP contribution in [0.3, 0.4) is 0 Å². The summed E-state index contributed by atoms with van der Waals surface area (Å²) >= 11 is 7.54. The minimum Gasteiger partial charge on any atom is -0.357 e. The Morgan fingerprint density at radius 2 is 2.15 bits per heavy atom. The highest BCUT2D eigenvalue weighted by atomic mass is 35.5. The molecule has 70 valence electrons. The summed E-state index contributed by atoms with van der Waals surface area (Å²) in [5.41, 5.74) is 1.42. The second kappa shape index (κ2) is 4.36. The van der Waals surface area contributed by atoms with E-state index in [1.54, 1.807) is 0 Å². The van der Waals surface area contributed by atoms with Gasteiger partial charge >= 0.3 is 0 Å². The highest BCUT2D eigenvalue weighted by Crippen LogP contribution is 2.38. The molecule has 0 aromatic heterocycles. The number of benzene rings is 1. The largest absolute Gasteiger partial charge is 0.357 e. The van der Waals surface area contributed by atoms with Crippen molar-refractivity contribution in [2.45, 2.75) is 11.5 Å². The van der Waals surface area contributed by atoms with Crippen LogP contribution in [0.15, 0.2) is 30.3 Å². The summed E-state index contributed by atoms with van der Waals surface area (Å²) in [4.78, 5) is 0. The average molecular weight is 215 g/mol. The van der Waals surface area contributed by atoms with Crippen LogP contribution in [0.2, 0.25) is 0 Å². The molecule has 1 nitrogen and oxygen atoms in total. The van der Waals surface area contributed by atoms with Gasteiger partial charge in [-0.1, -0.05) is 30.3 Å². The number of ether oxygens (including phenoxy) is 1. The molecular formula is C10H11ClOS. The van der Waals surface area contributed by atoms with Crippen LogP contribution in [0.1, 0.15) is 11.0 Å². The van der Waals surface area contributed by atoms with E-state index < -0.39 is 0 Å². The summed E-state index contributed by atoms with van der Waals surface area (Å²) in [6.07, 6.45) is 0.219. The zero-order valence-electron chi connectivity index (χ0n) is 7.15. The first-order valence-electron chi connectivity index (χ1n) is 4.28. The van der Waals surface area contributed by atoms with Gasteiger partial charge in [-0.25, -0.2) is 0 Å². The third-order valence-electron chi connectivity index (χ3n) is 1.99. The maximum Gasteiger partial charge on any atom is 0.129 e. The van der Waals surface area contributed by atoms with Crippen LogP contribution in [-0.2, 0) is 4.74 Å². The van der Waals surface area contributed by atoms with E-state index in [1.165, 1.54) is 5.56 Å². The molecule has 13 heavy (non-hydrogen) atoms. The number of alkyl halides is 1. The molecule has 0 saturated carbocycles. The topological polar surface area (TPSA) is 9.23 Å². The molecule has 1 saturated heterocycles. The second-order valence-electron chi connectivity index (χ2n) is 2.99. The number of halogens is 1. The maximum absolute atomic E-state index is 5.73. The third-order valence-corrected chi connectivity index (χ3v) is 3.59. The number of hydrogen-bond acceptors (Lipinski definition) is 2. The van der Waals surface area contributed by atoms with Crippen LogP contribution in [-0.4, -0.2) is 17.7 Å². The summed E-state index contributed by atoms with van der Waals surface area (Å²) in [5.74, 6) is 1.60. The molecule has 1 aromatic carbocycles. The fourth-order valence-corrected chi connectivity index (χ4v) is 2.80. The van der Waals surface area contributed by atoms with Crippen molar-refractivity contribution in [1.82, 2.24) is 0 Å². The van der Waals surface area contributed by atoms with E-state index in [4.69, 9.17) is 16.3 Å². The lowest BCUT2D eigenvalue weighted by atomic mass is 10.2. The van der Waals surface area contributed by atoms with Crippen LogP contribution < -0.4 is 0 Å². The van der Waals surface area contributed by atoms with E-state index in [9.17, 15) is 0 Å². The Kier molecular flexibility index (Phi) is 3.14. The summed E-state index contributed by atoms with van der Waals surface area (Å²) < 4.78 is 5.73. The fourth-order valence-electron chi connectivity index (χ4n) is 1.31. The lowest BCUT2D eigenvalue weighted by molar-refractivity contribution is 0.0811. The Hall–Kier alpha value is -0.180. The molecule has 1 fully saturated rings.